The third-order valence-electron chi connectivity index (χ3n) is 4.99. The van der Waals surface area contributed by atoms with Crippen molar-refractivity contribution in [2.45, 2.75) is 38.2 Å². The number of ether oxygens (including phenoxy) is 1. The number of piperazine rings is 1. The van der Waals surface area contributed by atoms with Crippen molar-refractivity contribution < 1.29 is 18.3 Å². The highest BCUT2D eigenvalue weighted by Crippen LogP contribution is 2.25. The molecule has 0 spiro atoms. The van der Waals surface area contributed by atoms with Gasteiger partial charge in [0.2, 0.25) is 5.76 Å². The van der Waals surface area contributed by atoms with Crippen LogP contribution in [0.15, 0.2) is 29.7 Å². The quantitative estimate of drug-likeness (QED) is 0.395. The highest BCUT2D eigenvalue weighted by atomic mass is 19.1. The number of rotatable bonds is 6. The average Bonchev–Trinajstić information content (AvgIpc) is 2.68. The fourth-order valence-electron chi connectivity index (χ4n) is 3.60. The smallest absolute Gasteiger partial charge is 0.293 e. The number of amides is 1. The second kappa shape index (κ2) is 9.64. The van der Waals surface area contributed by atoms with Gasteiger partial charge in [-0.15, -0.1) is 0 Å². The first-order valence-corrected chi connectivity index (χ1v) is 9.71. The second-order valence-electron chi connectivity index (χ2n) is 7.09. The zero-order valence-corrected chi connectivity index (χ0v) is 15.8. The molecule has 1 aromatic carbocycles. The van der Waals surface area contributed by atoms with Gasteiger partial charge in [-0.2, -0.15) is 0 Å². The number of hydrogen-bond acceptors (Lipinski definition) is 5. The minimum absolute atomic E-state index is 0.0110. The summed E-state index contributed by atoms with van der Waals surface area (Å²) in [5, 5.41) is 13.6. The van der Waals surface area contributed by atoms with Crippen LogP contribution >= 0.6 is 0 Å². The summed E-state index contributed by atoms with van der Waals surface area (Å²) in [6, 6.07) is 2.84. The van der Waals surface area contributed by atoms with E-state index in [1.54, 1.807) is 0 Å². The number of nitrogens with one attached hydrogen (secondary N) is 3. The van der Waals surface area contributed by atoms with Gasteiger partial charge in [0.25, 0.3) is 5.91 Å². The van der Waals surface area contributed by atoms with Crippen LogP contribution in [0.2, 0.25) is 0 Å². The first-order valence-electron chi connectivity index (χ1n) is 9.71. The molecule has 3 N–H and O–H groups in total. The van der Waals surface area contributed by atoms with E-state index in [1.807, 2.05) is 4.90 Å². The molecule has 3 rings (SSSR count). The standard InChI is InChI=1S/C20H26F2N4O2/c21-14-10-15(22)12-16(11-14)25-20(27)19(28-17-4-2-1-3-5-17)18(13-23)26-8-6-24-7-9-26/h10-13,17,23-24H,1-9H2,(H,25,27)/b19-18-,23-13?. The number of nitrogens with zero attached hydrogens (tertiary/aromatic N) is 1. The summed E-state index contributed by atoms with van der Waals surface area (Å²) < 4.78 is 33.0. The fourth-order valence-corrected chi connectivity index (χ4v) is 3.60. The van der Waals surface area contributed by atoms with E-state index >= 15 is 0 Å². The van der Waals surface area contributed by atoms with Gasteiger partial charge in [0, 0.05) is 44.1 Å². The monoisotopic (exact) mass is 392 g/mol. The van der Waals surface area contributed by atoms with E-state index < -0.39 is 17.5 Å². The Labute approximate surface area is 163 Å². The van der Waals surface area contributed by atoms with Crippen LogP contribution in [-0.2, 0) is 9.53 Å². The summed E-state index contributed by atoms with van der Waals surface area (Å²) in [4.78, 5) is 14.9. The average molecular weight is 392 g/mol. The lowest BCUT2D eigenvalue weighted by Crippen LogP contribution is -2.44. The number of hydrogen-bond donors (Lipinski definition) is 3. The number of carbonyl (C=O) groups excluding carboxylic acids is 1. The molecule has 1 amide bonds. The summed E-state index contributed by atoms with van der Waals surface area (Å²) >= 11 is 0. The van der Waals surface area contributed by atoms with Gasteiger partial charge in [-0.25, -0.2) is 8.78 Å². The van der Waals surface area contributed by atoms with Crippen molar-refractivity contribution in [3.63, 3.8) is 0 Å². The van der Waals surface area contributed by atoms with Crippen LogP contribution in [0.25, 0.3) is 0 Å². The van der Waals surface area contributed by atoms with Crippen molar-refractivity contribution in [1.82, 2.24) is 10.2 Å². The van der Waals surface area contributed by atoms with Gasteiger partial charge in [0.1, 0.15) is 17.3 Å². The SMILES string of the molecule is N=C/C(=C(/OC1CCCCC1)C(=O)Nc1cc(F)cc(F)c1)N1CCNCC1. The summed E-state index contributed by atoms with van der Waals surface area (Å²) in [6.45, 7) is 2.77. The molecule has 1 aliphatic heterocycles. The third-order valence-corrected chi connectivity index (χ3v) is 4.99. The van der Waals surface area contributed by atoms with Gasteiger partial charge in [0.05, 0.1) is 6.10 Å². The third kappa shape index (κ3) is 5.28. The van der Waals surface area contributed by atoms with Crippen LogP contribution < -0.4 is 10.6 Å². The Hall–Kier alpha value is -2.48. The predicted molar refractivity (Wildman–Crippen MR) is 103 cm³/mol. The van der Waals surface area contributed by atoms with Crippen molar-refractivity contribution in [2.75, 3.05) is 31.5 Å². The molecular weight excluding hydrogens is 366 g/mol. The second-order valence-corrected chi connectivity index (χ2v) is 7.09. The molecule has 0 aromatic heterocycles. The molecule has 1 saturated carbocycles. The Morgan fingerprint density at radius 3 is 2.39 bits per heavy atom. The number of carbonyl (C=O) groups is 1. The maximum atomic E-state index is 13.5. The molecule has 0 radical (unpaired) electrons. The van der Waals surface area contributed by atoms with Gasteiger partial charge in [-0.3, -0.25) is 4.79 Å². The molecule has 1 heterocycles. The zero-order chi connectivity index (χ0) is 19.9. The van der Waals surface area contributed by atoms with E-state index in [1.165, 1.54) is 0 Å². The van der Waals surface area contributed by atoms with Gasteiger partial charge in [-0.1, -0.05) is 6.42 Å². The van der Waals surface area contributed by atoms with E-state index in [-0.39, 0.29) is 17.6 Å². The van der Waals surface area contributed by atoms with Gasteiger partial charge in [0.15, 0.2) is 0 Å². The molecule has 1 aliphatic carbocycles. The molecule has 8 heteroatoms. The molecule has 28 heavy (non-hydrogen) atoms. The van der Waals surface area contributed by atoms with E-state index in [2.05, 4.69) is 10.6 Å². The van der Waals surface area contributed by atoms with Crippen LogP contribution in [0.4, 0.5) is 14.5 Å². The lowest BCUT2D eigenvalue weighted by Gasteiger charge is -2.32. The van der Waals surface area contributed by atoms with Crippen molar-refractivity contribution in [2.24, 2.45) is 0 Å². The number of allylic oxidation sites excluding steroid dienone is 1. The van der Waals surface area contributed by atoms with Crippen LogP contribution in [0, 0.1) is 17.0 Å². The molecule has 1 saturated heterocycles. The van der Waals surface area contributed by atoms with Crippen molar-refractivity contribution >= 4 is 17.8 Å². The summed E-state index contributed by atoms with van der Waals surface area (Å²) in [5.74, 6) is -2.12. The van der Waals surface area contributed by atoms with E-state index in [4.69, 9.17) is 10.1 Å². The van der Waals surface area contributed by atoms with Crippen LogP contribution in [0.5, 0.6) is 0 Å². The van der Waals surface area contributed by atoms with Crippen LogP contribution in [-0.4, -0.2) is 49.3 Å². The molecule has 0 bridgehead atoms. The van der Waals surface area contributed by atoms with Gasteiger partial charge in [-0.05, 0) is 37.8 Å². The maximum Gasteiger partial charge on any atom is 0.293 e. The Morgan fingerprint density at radius 1 is 1.14 bits per heavy atom. The lowest BCUT2D eigenvalue weighted by atomic mass is 9.98. The summed E-state index contributed by atoms with van der Waals surface area (Å²) in [6.07, 6.45) is 5.91. The largest absolute Gasteiger partial charge is 0.483 e. The van der Waals surface area contributed by atoms with Crippen molar-refractivity contribution in [1.29, 1.82) is 5.41 Å². The molecule has 152 valence electrons. The Kier molecular flexibility index (Phi) is 6.97. The molecule has 6 nitrogen and oxygen atoms in total. The topological polar surface area (TPSA) is 77.5 Å². The normalized spacial score (nSPS) is 19.0. The number of halogens is 2. The first-order chi connectivity index (χ1) is 13.6. The minimum atomic E-state index is -0.775. The summed E-state index contributed by atoms with van der Waals surface area (Å²) in [7, 11) is 0. The molecular formula is C20H26F2N4O2. The zero-order valence-electron chi connectivity index (χ0n) is 15.8. The van der Waals surface area contributed by atoms with E-state index in [0.717, 1.165) is 69.6 Å². The number of benzene rings is 1. The Balaban J connectivity index is 1.87. The summed E-state index contributed by atoms with van der Waals surface area (Å²) in [5.41, 5.74) is 0.401. The fraction of sp³-hybridized carbons (Fsp3) is 0.500. The molecule has 1 aromatic rings. The molecule has 0 atom stereocenters. The van der Waals surface area contributed by atoms with E-state index in [0.29, 0.717) is 18.8 Å². The van der Waals surface area contributed by atoms with Gasteiger partial charge >= 0.3 is 0 Å². The highest BCUT2D eigenvalue weighted by molar-refractivity contribution is 6.05. The van der Waals surface area contributed by atoms with E-state index in [9.17, 15) is 13.6 Å². The highest BCUT2D eigenvalue weighted by Gasteiger charge is 2.26. The predicted octanol–water partition coefficient (Wildman–Crippen LogP) is 3.02. The van der Waals surface area contributed by atoms with Crippen LogP contribution in [0.3, 0.4) is 0 Å². The Bertz CT molecular complexity index is 721. The Morgan fingerprint density at radius 2 is 1.79 bits per heavy atom. The first kappa shape index (κ1) is 20.3. The maximum absolute atomic E-state index is 13.5. The number of anilines is 1. The molecule has 2 fully saturated rings. The van der Waals surface area contributed by atoms with Gasteiger partial charge < -0.3 is 25.7 Å². The van der Waals surface area contributed by atoms with Crippen molar-refractivity contribution in [3.8, 4) is 0 Å². The minimum Gasteiger partial charge on any atom is -0.483 e. The van der Waals surface area contributed by atoms with Crippen molar-refractivity contribution in [3.05, 3.63) is 41.3 Å². The molecule has 2 aliphatic rings. The molecule has 0 unspecified atom stereocenters. The van der Waals surface area contributed by atoms with Crippen LogP contribution in [0.1, 0.15) is 32.1 Å². The lowest BCUT2D eigenvalue weighted by molar-refractivity contribution is -0.117.